The first-order chi connectivity index (χ1) is 15.1. The molecule has 2 aromatic carbocycles. The Hall–Kier alpha value is -3.26. The summed E-state index contributed by atoms with van der Waals surface area (Å²) in [5, 5.41) is 14.8. The third-order valence-electron chi connectivity index (χ3n) is 5.23. The monoisotopic (exact) mass is 439 g/mol. The largest absolute Gasteiger partial charge is 0.497 e. The molecule has 0 radical (unpaired) electrons. The van der Waals surface area contributed by atoms with Gasteiger partial charge in [0.2, 0.25) is 0 Å². The standard InChI is InChI=1S/C22H26ClN7O/c1-24-22(26-17-10-11-30(14-17)18-5-3-4-16(23)12-18)25-13-20-27-21(29-28-20)15-6-8-19(31-2)9-7-15/h3-9,12,17H,10-11,13-14H2,1-2H3,(H2,24,25,26)(H,27,28,29). The van der Waals surface area contributed by atoms with Gasteiger partial charge < -0.3 is 20.3 Å². The molecule has 31 heavy (non-hydrogen) atoms. The predicted octanol–water partition coefficient (Wildman–Crippen LogP) is 3.08. The van der Waals surface area contributed by atoms with Crippen LogP contribution in [0.4, 0.5) is 5.69 Å². The molecule has 0 spiro atoms. The first-order valence-electron chi connectivity index (χ1n) is 10.2. The summed E-state index contributed by atoms with van der Waals surface area (Å²) in [5.41, 5.74) is 2.07. The summed E-state index contributed by atoms with van der Waals surface area (Å²) in [6, 6.07) is 15.9. The smallest absolute Gasteiger partial charge is 0.191 e. The van der Waals surface area contributed by atoms with Crippen LogP contribution in [0.5, 0.6) is 5.75 Å². The van der Waals surface area contributed by atoms with E-state index in [1.165, 1.54) is 0 Å². The van der Waals surface area contributed by atoms with Crippen LogP contribution in [0.25, 0.3) is 11.4 Å². The van der Waals surface area contributed by atoms with Crippen molar-refractivity contribution < 1.29 is 4.74 Å². The molecule has 0 aliphatic carbocycles. The van der Waals surface area contributed by atoms with E-state index >= 15 is 0 Å². The van der Waals surface area contributed by atoms with Crippen molar-refractivity contribution in [1.82, 2.24) is 25.8 Å². The van der Waals surface area contributed by atoms with E-state index in [1.54, 1.807) is 14.2 Å². The number of aromatic amines is 1. The number of hydrogen-bond donors (Lipinski definition) is 3. The summed E-state index contributed by atoms with van der Waals surface area (Å²) < 4.78 is 5.19. The molecule has 1 aliphatic heterocycles. The molecule has 9 heteroatoms. The number of benzene rings is 2. The fourth-order valence-corrected chi connectivity index (χ4v) is 3.77. The molecule has 0 bridgehead atoms. The number of guanidine groups is 1. The van der Waals surface area contributed by atoms with Gasteiger partial charge in [0.05, 0.1) is 13.7 Å². The molecule has 1 atom stereocenters. The van der Waals surface area contributed by atoms with Gasteiger partial charge in [-0.1, -0.05) is 17.7 Å². The first-order valence-corrected chi connectivity index (χ1v) is 10.6. The van der Waals surface area contributed by atoms with Gasteiger partial charge in [-0.2, -0.15) is 5.10 Å². The Morgan fingerprint density at radius 1 is 1.29 bits per heavy atom. The lowest BCUT2D eigenvalue weighted by molar-refractivity contribution is 0.415. The van der Waals surface area contributed by atoms with Gasteiger partial charge in [-0.15, -0.1) is 0 Å². The van der Waals surface area contributed by atoms with Gasteiger partial charge in [0.25, 0.3) is 0 Å². The Morgan fingerprint density at radius 2 is 2.13 bits per heavy atom. The first kappa shape index (κ1) is 21.0. The molecule has 1 fully saturated rings. The van der Waals surface area contributed by atoms with Gasteiger partial charge in [0.15, 0.2) is 11.8 Å². The van der Waals surface area contributed by atoms with Crippen LogP contribution in [0, 0.1) is 0 Å². The molecule has 1 aromatic heterocycles. The van der Waals surface area contributed by atoms with Crippen molar-refractivity contribution in [2.24, 2.45) is 4.99 Å². The van der Waals surface area contributed by atoms with Crippen molar-refractivity contribution in [2.45, 2.75) is 19.0 Å². The number of ether oxygens (including phenoxy) is 1. The maximum Gasteiger partial charge on any atom is 0.191 e. The van der Waals surface area contributed by atoms with Crippen LogP contribution in [-0.2, 0) is 6.54 Å². The molecule has 2 heterocycles. The minimum Gasteiger partial charge on any atom is -0.497 e. The van der Waals surface area contributed by atoms with E-state index in [2.05, 4.69) is 41.8 Å². The van der Waals surface area contributed by atoms with E-state index in [0.717, 1.165) is 53.3 Å². The SMILES string of the molecule is CN=C(NCc1nc(-c2ccc(OC)cc2)n[nH]1)NC1CCN(c2cccc(Cl)c2)C1. The minimum atomic E-state index is 0.301. The fourth-order valence-electron chi connectivity index (χ4n) is 3.58. The highest BCUT2D eigenvalue weighted by atomic mass is 35.5. The van der Waals surface area contributed by atoms with Gasteiger partial charge in [-0.3, -0.25) is 10.1 Å². The summed E-state index contributed by atoms with van der Waals surface area (Å²) >= 11 is 6.13. The van der Waals surface area contributed by atoms with Gasteiger partial charge >= 0.3 is 0 Å². The Bertz CT molecular complexity index is 1030. The lowest BCUT2D eigenvalue weighted by Crippen LogP contribution is -2.44. The maximum absolute atomic E-state index is 6.13. The number of rotatable bonds is 6. The zero-order valence-electron chi connectivity index (χ0n) is 17.6. The van der Waals surface area contributed by atoms with Crippen molar-refractivity contribution in [3.63, 3.8) is 0 Å². The number of aromatic nitrogens is 3. The molecule has 1 saturated heterocycles. The normalized spacial score (nSPS) is 16.4. The van der Waals surface area contributed by atoms with Crippen molar-refractivity contribution in [3.8, 4) is 17.1 Å². The molecular weight excluding hydrogens is 414 g/mol. The number of anilines is 1. The quantitative estimate of drug-likeness (QED) is 0.404. The zero-order valence-corrected chi connectivity index (χ0v) is 18.4. The number of hydrogen-bond acceptors (Lipinski definition) is 5. The van der Waals surface area contributed by atoms with Crippen LogP contribution < -0.4 is 20.3 Å². The van der Waals surface area contributed by atoms with Crippen LogP contribution in [0.1, 0.15) is 12.2 Å². The number of aliphatic imine (C=N–C) groups is 1. The molecule has 1 aliphatic rings. The van der Waals surface area contributed by atoms with Crippen LogP contribution in [0.3, 0.4) is 0 Å². The van der Waals surface area contributed by atoms with Crippen LogP contribution >= 0.6 is 11.6 Å². The minimum absolute atomic E-state index is 0.301. The highest BCUT2D eigenvalue weighted by Crippen LogP contribution is 2.23. The molecular formula is C22H26ClN7O. The van der Waals surface area contributed by atoms with E-state index < -0.39 is 0 Å². The molecule has 162 valence electrons. The Labute approximate surface area is 186 Å². The Morgan fingerprint density at radius 3 is 2.87 bits per heavy atom. The average Bonchev–Trinajstić information content (AvgIpc) is 3.46. The lowest BCUT2D eigenvalue weighted by atomic mass is 10.2. The van der Waals surface area contributed by atoms with Crippen molar-refractivity contribution in [1.29, 1.82) is 0 Å². The number of H-pyrrole nitrogens is 1. The number of nitrogens with zero attached hydrogens (tertiary/aromatic N) is 4. The van der Waals surface area contributed by atoms with Gasteiger partial charge in [0, 0.05) is 42.5 Å². The van der Waals surface area contributed by atoms with Crippen LogP contribution in [0.15, 0.2) is 53.5 Å². The van der Waals surface area contributed by atoms with Gasteiger partial charge in [0.1, 0.15) is 11.6 Å². The highest BCUT2D eigenvalue weighted by molar-refractivity contribution is 6.30. The number of nitrogens with one attached hydrogen (secondary N) is 3. The van der Waals surface area contributed by atoms with E-state index in [9.17, 15) is 0 Å². The second-order valence-corrected chi connectivity index (χ2v) is 7.75. The molecule has 8 nitrogen and oxygen atoms in total. The van der Waals surface area contributed by atoms with Gasteiger partial charge in [-0.05, 0) is 48.9 Å². The van der Waals surface area contributed by atoms with E-state index in [4.69, 9.17) is 16.3 Å². The summed E-state index contributed by atoms with van der Waals surface area (Å²) in [7, 11) is 3.41. The summed E-state index contributed by atoms with van der Waals surface area (Å²) in [6.45, 7) is 2.36. The maximum atomic E-state index is 6.13. The highest BCUT2D eigenvalue weighted by Gasteiger charge is 2.23. The fraction of sp³-hybridized carbons (Fsp3) is 0.318. The van der Waals surface area contributed by atoms with Crippen LogP contribution in [0.2, 0.25) is 5.02 Å². The average molecular weight is 440 g/mol. The molecule has 0 amide bonds. The molecule has 3 N–H and O–H groups in total. The Balaban J connectivity index is 1.30. The summed E-state index contributed by atoms with van der Waals surface area (Å²) in [5.74, 6) is 2.92. The summed E-state index contributed by atoms with van der Waals surface area (Å²) in [6.07, 6.45) is 1.02. The summed E-state index contributed by atoms with van der Waals surface area (Å²) in [4.78, 5) is 11.2. The second kappa shape index (κ2) is 9.70. The lowest BCUT2D eigenvalue weighted by Gasteiger charge is -2.20. The number of methoxy groups -OCH3 is 1. The van der Waals surface area contributed by atoms with E-state index in [-0.39, 0.29) is 0 Å². The molecule has 1 unspecified atom stereocenters. The topological polar surface area (TPSA) is 90.5 Å². The van der Waals surface area contributed by atoms with Crippen molar-refractivity contribution in [3.05, 3.63) is 59.4 Å². The number of halogens is 1. The van der Waals surface area contributed by atoms with E-state index in [0.29, 0.717) is 18.4 Å². The predicted molar refractivity (Wildman–Crippen MR) is 124 cm³/mol. The van der Waals surface area contributed by atoms with Gasteiger partial charge in [-0.25, -0.2) is 4.98 Å². The zero-order chi connectivity index (χ0) is 21.6. The second-order valence-electron chi connectivity index (χ2n) is 7.32. The Kier molecular flexibility index (Phi) is 6.57. The third-order valence-corrected chi connectivity index (χ3v) is 5.46. The van der Waals surface area contributed by atoms with Crippen molar-refractivity contribution >= 4 is 23.2 Å². The molecule has 3 aromatic rings. The molecule has 0 saturated carbocycles. The third kappa shape index (κ3) is 5.27. The van der Waals surface area contributed by atoms with Crippen molar-refractivity contribution in [2.75, 3.05) is 32.1 Å². The van der Waals surface area contributed by atoms with Crippen LogP contribution in [-0.4, -0.2) is 54.4 Å². The molecule has 4 rings (SSSR count). The van der Waals surface area contributed by atoms with E-state index in [1.807, 2.05) is 42.5 Å².